The summed E-state index contributed by atoms with van der Waals surface area (Å²) < 4.78 is 11.2. The van der Waals surface area contributed by atoms with Gasteiger partial charge in [0, 0.05) is 19.1 Å². The molecule has 106 valence electrons. The Labute approximate surface area is 109 Å². The molecule has 5 nitrogen and oxygen atoms in total. The van der Waals surface area contributed by atoms with Gasteiger partial charge in [-0.1, -0.05) is 19.0 Å². The number of ether oxygens (including phenoxy) is 2. The summed E-state index contributed by atoms with van der Waals surface area (Å²) >= 11 is 0. The number of nitrogens with two attached hydrogens (primary N) is 1. The highest BCUT2D eigenvalue weighted by atomic mass is 16.5. The van der Waals surface area contributed by atoms with Gasteiger partial charge < -0.3 is 20.4 Å². The van der Waals surface area contributed by atoms with E-state index in [4.69, 9.17) is 20.4 Å². The molecule has 0 saturated heterocycles. The average molecular weight is 258 g/mol. The number of nitrogens with zero attached hydrogens (tertiary/aromatic N) is 1. The first-order valence-electron chi connectivity index (χ1n) is 6.62. The van der Waals surface area contributed by atoms with Crippen molar-refractivity contribution in [1.82, 2.24) is 0 Å². The summed E-state index contributed by atoms with van der Waals surface area (Å²) in [4.78, 5) is 0. The van der Waals surface area contributed by atoms with Crippen molar-refractivity contribution in [2.45, 2.75) is 58.2 Å². The first-order chi connectivity index (χ1) is 8.49. The Bertz CT molecular complexity index is 279. The van der Waals surface area contributed by atoms with Crippen molar-refractivity contribution in [2.75, 3.05) is 13.7 Å². The van der Waals surface area contributed by atoms with Gasteiger partial charge in [0.25, 0.3) is 0 Å². The molecule has 0 amide bonds. The molecule has 1 saturated carbocycles. The van der Waals surface area contributed by atoms with Crippen LogP contribution in [0, 0.1) is 5.41 Å². The lowest BCUT2D eigenvalue weighted by atomic mass is 9.88. The zero-order chi connectivity index (χ0) is 13.6. The van der Waals surface area contributed by atoms with E-state index in [1.165, 1.54) is 0 Å². The molecule has 0 heterocycles. The van der Waals surface area contributed by atoms with Crippen molar-refractivity contribution in [3.8, 4) is 0 Å². The first-order valence-corrected chi connectivity index (χ1v) is 6.62. The van der Waals surface area contributed by atoms with Crippen molar-refractivity contribution >= 4 is 5.84 Å². The van der Waals surface area contributed by atoms with Crippen LogP contribution in [0.2, 0.25) is 0 Å². The van der Waals surface area contributed by atoms with Crippen molar-refractivity contribution in [3.05, 3.63) is 0 Å². The molecule has 0 aliphatic heterocycles. The standard InChI is InChI=1S/C13H26N2O3/c1-13(2,12(14)15-16)7-8-18-11-6-4-5-10(9-11)17-3/h10-11,16H,4-9H2,1-3H3,(H2,14,15). The fourth-order valence-electron chi connectivity index (χ4n) is 2.21. The minimum absolute atomic E-state index is 0.254. The molecule has 0 spiro atoms. The van der Waals surface area contributed by atoms with Crippen LogP contribution in [0.25, 0.3) is 0 Å². The maximum absolute atomic E-state index is 8.69. The zero-order valence-corrected chi connectivity index (χ0v) is 11.7. The van der Waals surface area contributed by atoms with Gasteiger partial charge in [-0.2, -0.15) is 0 Å². The Morgan fingerprint density at radius 3 is 2.67 bits per heavy atom. The van der Waals surface area contributed by atoms with E-state index in [2.05, 4.69) is 5.16 Å². The monoisotopic (exact) mass is 258 g/mol. The van der Waals surface area contributed by atoms with E-state index in [9.17, 15) is 0 Å². The van der Waals surface area contributed by atoms with Crippen LogP contribution >= 0.6 is 0 Å². The molecule has 1 aliphatic rings. The highest BCUT2D eigenvalue weighted by Crippen LogP contribution is 2.25. The normalized spacial score (nSPS) is 26.3. The minimum Gasteiger partial charge on any atom is -0.409 e. The number of oxime groups is 1. The summed E-state index contributed by atoms with van der Waals surface area (Å²) in [6, 6.07) is 0. The summed E-state index contributed by atoms with van der Waals surface area (Å²) in [5, 5.41) is 11.8. The SMILES string of the molecule is COC1CCCC(OCCC(C)(C)C(N)=NO)C1. The minimum atomic E-state index is -0.329. The van der Waals surface area contributed by atoms with Crippen molar-refractivity contribution < 1.29 is 14.7 Å². The van der Waals surface area contributed by atoms with E-state index in [0.717, 1.165) is 32.1 Å². The lowest BCUT2D eigenvalue weighted by Crippen LogP contribution is -2.34. The Morgan fingerprint density at radius 2 is 2.06 bits per heavy atom. The fraction of sp³-hybridized carbons (Fsp3) is 0.923. The third-order valence-electron chi connectivity index (χ3n) is 3.79. The second-order valence-corrected chi connectivity index (χ2v) is 5.64. The first kappa shape index (κ1) is 15.2. The molecule has 5 heteroatoms. The van der Waals surface area contributed by atoms with Crippen LogP contribution < -0.4 is 5.73 Å². The van der Waals surface area contributed by atoms with Crippen molar-refractivity contribution in [1.29, 1.82) is 0 Å². The Morgan fingerprint density at radius 1 is 1.39 bits per heavy atom. The van der Waals surface area contributed by atoms with E-state index >= 15 is 0 Å². The van der Waals surface area contributed by atoms with Gasteiger partial charge >= 0.3 is 0 Å². The second-order valence-electron chi connectivity index (χ2n) is 5.64. The smallest absolute Gasteiger partial charge is 0.144 e. The third kappa shape index (κ3) is 4.46. The van der Waals surface area contributed by atoms with Crippen LogP contribution in [0.15, 0.2) is 5.16 Å². The molecular weight excluding hydrogens is 232 g/mol. The van der Waals surface area contributed by atoms with Gasteiger partial charge in [0.05, 0.1) is 12.2 Å². The molecule has 2 unspecified atom stereocenters. The molecule has 1 fully saturated rings. The highest BCUT2D eigenvalue weighted by Gasteiger charge is 2.26. The fourth-order valence-corrected chi connectivity index (χ4v) is 2.21. The predicted molar refractivity (Wildman–Crippen MR) is 70.8 cm³/mol. The number of hydrogen-bond donors (Lipinski definition) is 2. The Balaban J connectivity index is 2.29. The molecule has 0 aromatic carbocycles. The zero-order valence-electron chi connectivity index (χ0n) is 11.7. The maximum atomic E-state index is 8.69. The molecule has 18 heavy (non-hydrogen) atoms. The van der Waals surface area contributed by atoms with Crippen LogP contribution in [0.1, 0.15) is 46.0 Å². The van der Waals surface area contributed by atoms with Gasteiger partial charge in [-0.05, 0) is 32.1 Å². The lowest BCUT2D eigenvalue weighted by molar-refractivity contribution is -0.0334. The van der Waals surface area contributed by atoms with Crippen molar-refractivity contribution in [2.24, 2.45) is 16.3 Å². The molecule has 0 aromatic rings. The molecule has 1 aliphatic carbocycles. The van der Waals surface area contributed by atoms with Crippen molar-refractivity contribution in [3.63, 3.8) is 0 Å². The van der Waals surface area contributed by atoms with Crippen LogP contribution in [0.3, 0.4) is 0 Å². The van der Waals surface area contributed by atoms with Crippen LogP contribution in [0.5, 0.6) is 0 Å². The molecular formula is C13H26N2O3. The van der Waals surface area contributed by atoms with Gasteiger partial charge in [0.2, 0.25) is 0 Å². The summed E-state index contributed by atoms with van der Waals surface area (Å²) in [5.41, 5.74) is 5.31. The molecule has 0 aromatic heterocycles. The van der Waals surface area contributed by atoms with Gasteiger partial charge in [0.1, 0.15) is 5.84 Å². The molecule has 2 atom stereocenters. The number of rotatable bonds is 6. The van der Waals surface area contributed by atoms with Crippen LogP contribution in [-0.4, -0.2) is 37.0 Å². The highest BCUT2D eigenvalue weighted by molar-refractivity contribution is 5.85. The average Bonchev–Trinajstić information content (AvgIpc) is 2.37. The van der Waals surface area contributed by atoms with Gasteiger partial charge in [0.15, 0.2) is 0 Å². The van der Waals surface area contributed by atoms with E-state index in [1.807, 2.05) is 13.8 Å². The summed E-state index contributed by atoms with van der Waals surface area (Å²) in [6.45, 7) is 4.53. The van der Waals surface area contributed by atoms with E-state index < -0.39 is 0 Å². The van der Waals surface area contributed by atoms with Crippen LogP contribution in [-0.2, 0) is 9.47 Å². The van der Waals surface area contributed by atoms with Gasteiger partial charge in [-0.15, -0.1) is 0 Å². The predicted octanol–water partition coefficient (Wildman–Crippen LogP) is 2.12. The molecule has 0 bridgehead atoms. The van der Waals surface area contributed by atoms with E-state index in [1.54, 1.807) is 7.11 Å². The largest absolute Gasteiger partial charge is 0.409 e. The maximum Gasteiger partial charge on any atom is 0.144 e. The van der Waals surface area contributed by atoms with Crippen LogP contribution in [0.4, 0.5) is 0 Å². The van der Waals surface area contributed by atoms with Gasteiger partial charge in [-0.25, -0.2) is 0 Å². The number of amidine groups is 1. The molecule has 1 rings (SSSR count). The lowest BCUT2D eigenvalue weighted by Gasteiger charge is -2.29. The number of hydrogen-bond acceptors (Lipinski definition) is 4. The third-order valence-corrected chi connectivity index (χ3v) is 3.79. The molecule has 0 radical (unpaired) electrons. The topological polar surface area (TPSA) is 77.1 Å². The van der Waals surface area contributed by atoms with Gasteiger partial charge in [-0.3, -0.25) is 0 Å². The summed E-state index contributed by atoms with van der Waals surface area (Å²) in [7, 11) is 1.76. The molecule has 3 N–H and O–H groups in total. The Kier molecular flexibility index (Phi) is 5.88. The quantitative estimate of drug-likeness (QED) is 0.331. The second kappa shape index (κ2) is 6.95. The summed E-state index contributed by atoms with van der Waals surface area (Å²) in [6.07, 6.45) is 5.73. The van der Waals surface area contributed by atoms with E-state index in [0.29, 0.717) is 12.7 Å². The summed E-state index contributed by atoms with van der Waals surface area (Å²) in [5.74, 6) is 0.254. The van der Waals surface area contributed by atoms with E-state index in [-0.39, 0.29) is 17.4 Å². The Hall–Kier alpha value is -0.810. The number of methoxy groups -OCH3 is 1.